The molecule has 0 radical (unpaired) electrons. The summed E-state index contributed by atoms with van der Waals surface area (Å²) in [4.78, 5) is 20.5. The van der Waals surface area contributed by atoms with E-state index in [9.17, 15) is 0 Å². The second-order valence-electron chi connectivity index (χ2n) is 7.58. The predicted molar refractivity (Wildman–Crippen MR) is 118 cm³/mol. The lowest BCUT2D eigenvalue weighted by atomic mass is 10.2. The number of hydrogen-bond acceptors (Lipinski definition) is 5. The van der Waals surface area contributed by atoms with Crippen LogP contribution >= 0.6 is 0 Å². The molecule has 3 heterocycles. The molecular formula is C22H30N6. The molecular weight excluding hydrogens is 348 g/mol. The minimum Gasteiger partial charge on any atom is -0.368 e. The third-order valence-electron chi connectivity index (χ3n) is 4.90. The average molecular weight is 379 g/mol. The van der Waals surface area contributed by atoms with Gasteiger partial charge in [-0.2, -0.15) is 0 Å². The van der Waals surface area contributed by atoms with Crippen LogP contribution in [0.2, 0.25) is 0 Å². The molecule has 3 rings (SSSR count). The summed E-state index contributed by atoms with van der Waals surface area (Å²) in [6.45, 7) is 12.9. The second-order valence-corrected chi connectivity index (χ2v) is 7.58. The van der Waals surface area contributed by atoms with Gasteiger partial charge in [0, 0.05) is 63.2 Å². The summed E-state index contributed by atoms with van der Waals surface area (Å²) in [5, 5.41) is 1.05. The van der Waals surface area contributed by atoms with Crippen molar-refractivity contribution >= 4 is 22.4 Å². The zero-order chi connectivity index (χ0) is 20.1. The van der Waals surface area contributed by atoms with E-state index in [0.717, 1.165) is 60.8 Å². The van der Waals surface area contributed by atoms with Gasteiger partial charge in [-0.1, -0.05) is 12.2 Å². The normalized spacial score (nSPS) is 16.5. The van der Waals surface area contributed by atoms with Crippen molar-refractivity contribution in [1.82, 2.24) is 19.8 Å². The zero-order valence-electron chi connectivity index (χ0n) is 17.4. The van der Waals surface area contributed by atoms with Crippen LogP contribution in [0.4, 0.5) is 5.69 Å². The number of hydrogen-bond donors (Lipinski definition) is 0. The summed E-state index contributed by atoms with van der Waals surface area (Å²) >= 11 is 0. The van der Waals surface area contributed by atoms with Crippen LogP contribution in [0.3, 0.4) is 0 Å². The zero-order valence-corrected chi connectivity index (χ0v) is 17.4. The molecule has 0 aromatic carbocycles. The number of anilines is 1. The minimum absolute atomic E-state index is 0.778. The molecule has 0 spiro atoms. The Labute approximate surface area is 167 Å². The van der Waals surface area contributed by atoms with Gasteiger partial charge in [0.1, 0.15) is 5.84 Å². The summed E-state index contributed by atoms with van der Waals surface area (Å²) in [6.07, 6.45) is 7.75. The first-order chi connectivity index (χ1) is 13.4. The Morgan fingerprint density at radius 2 is 2.00 bits per heavy atom. The number of amidine groups is 1. The highest BCUT2D eigenvalue weighted by Crippen LogP contribution is 2.23. The van der Waals surface area contributed by atoms with Gasteiger partial charge >= 0.3 is 0 Å². The molecule has 6 nitrogen and oxygen atoms in total. The van der Waals surface area contributed by atoms with Crippen LogP contribution < -0.4 is 4.90 Å². The predicted octanol–water partition coefficient (Wildman–Crippen LogP) is 3.19. The second kappa shape index (κ2) is 8.97. The number of aliphatic imine (C=N–C) groups is 1. The van der Waals surface area contributed by atoms with Crippen molar-refractivity contribution in [3.05, 3.63) is 54.6 Å². The van der Waals surface area contributed by atoms with Gasteiger partial charge in [0.2, 0.25) is 0 Å². The molecule has 28 heavy (non-hydrogen) atoms. The Balaban J connectivity index is 1.79. The van der Waals surface area contributed by atoms with Crippen LogP contribution in [0.15, 0.2) is 59.6 Å². The topological polar surface area (TPSA) is 47.9 Å². The van der Waals surface area contributed by atoms with Gasteiger partial charge in [-0.15, -0.1) is 0 Å². The quantitative estimate of drug-likeness (QED) is 0.591. The van der Waals surface area contributed by atoms with Crippen LogP contribution in [0.25, 0.3) is 10.9 Å². The molecule has 1 fully saturated rings. The highest BCUT2D eigenvalue weighted by molar-refractivity contribution is 5.94. The number of aromatic nitrogens is 2. The number of nitrogens with zero attached hydrogens (tertiary/aromatic N) is 6. The SMILES string of the molecule is C=C(C)N=C(/C=C(\C)CN(C)c1cncc2cccnc12)N1CCN(C)CC1. The smallest absolute Gasteiger partial charge is 0.128 e. The molecule has 6 heteroatoms. The van der Waals surface area contributed by atoms with Gasteiger partial charge in [-0.25, -0.2) is 4.99 Å². The van der Waals surface area contributed by atoms with Gasteiger partial charge in [0.05, 0.1) is 17.4 Å². The van der Waals surface area contributed by atoms with Crippen LogP contribution in [-0.2, 0) is 0 Å². The molecule has 0 unspecified atom stereocenters. The molecule has 2 aromatic rings. The maximum absolute atomic E-state index is 4.71. The number of piperazine rings is 1. The summed E-state index contributed by atoms with van der Waals surface area (Å²) < 4.78 is 0. The lowest BCUT2D eigenvalue weighted by Gasteiger charge is -2.34. The van der Waals surface area contributed by atoms with Crippen LogP contribution in [0.5, 0.6) is 0 Å². The number of likely N-dealkylation sites (N-methyl/N-ethyl adjacent to an activating group) is 2. The molecule has 0 bridgehead atoms. The Hall–Kier alpha value is -2.73. The standard InChI is InChI=1S/C22H30N6/c1-17(2)25-21(28-11-9-26(4)10-12-28)13-18(3)16-27(5)20-15-23-14-19-7-6-8-24-22(19)20/h6-8,13-15H,1,9-12,16H2,2-5H3/b18-13+,25-21?. The lowest BCUT2D eigenvalue weighted by Crippen LogP contribution is -2.46. The van der Waals surface area contributed by atoms with Crippen molar-refractivity contribution in [1.29, 1.82) is 0 Å². The highest BCUT2D eigenvalue weighted by atomic mass is 15.3. The molecule has 0 atom stereocenters. The summed E-state index contributed by atoms with van der Waals surface area (Å²) in [7, 11) is 4.24. The monoisotopic (exact) mass is 378 g/mol. The van der Waals surface area contributed by atoms with Crippen molar-refractivity contribution in [3.63, 3.8) is 0 Å². The van der Waals surface area contributed by atoms with Crippen molar-refractivity contribution in [2.75, 3.05) is 51.7 Å². The molecule has 0 aliphatic carbocycles. The first-order valence-electron chi connectivity index (χ1n) is 9.69. The lowest BCUT2D eigenvalue weighted by molar-refractivity contribution is 0.216. The molecule has 0 amide bonds. The number of rotatable bonds is 5. The fourth-order valence-electron chi connectivity index (χ4n) is 3.42. The fourth-order valence-corrected chi connectivity index (χ4v) is 3.42. The highest BCUT2D eigenvalue weighted by Gasteiger charge is 2.17. The van der Waals surface area contributed by atoms with E-state index in [-0.39, 0.29) is 0 Å². The van der Waals surface area contributed by atoms with Crippen LogP contribution in [0, 0.1) is 0 Å². The minimum atomic E-state index is 0.778. The summed E-state index contributed by atoms with van der Waals surface area (Å²) in [5.74, 6) is 1.00. The Morgan fingerprint density at radius 3 is 2.71 bits per heavy atom. The van der Waals surface area contributed by atoms with Crippen molar-refractivity contribution < 1.29 is 0 Å². The molecule has 0 N–H and O–H groups in total. The van der Waals surface area contributed by atoms with E-state index in [1.165, 1.54) is 5.57 Å². The summed E-state index contributed by atoms with van der Waals surface area (Å²) in [6, 6.07) is 3.98. The molecule has 148 valence electrons. The van der Waals surface area contributed by atoms with Crippen molar-refractivity contribution in [2.45, 2.75) is 13.8 Å². The van der Waals surface area contributed by atoms with E-state index in [0.29, 0.717) is 0 Å². The maximum atomic E-state index is 4.71. The van der Waals surface area contributed by atoms with E-state index in [2.05, 4.69) is 58.3 Å². The number of allylic oxidation sites excluding steroid dienone is 1. The Morgan fingerprint density at radius 1 is 1.25 bits per heavy atom. The summed E-state index contributed by atoms with van der Waals surface area (Å²) in [5.41, 5.74) is 4.06. The number of fused-ring (bicyclic) bond motifs is 1. The van der Waals surface area contributed by atoms with E-state index in [1.807, 2.05) is 37.6 Å². The molecule has 1 saturated heterocycles. The number of pyridine rings is 2. The van der Waals surface area contributed by atoms with E-state index >= 15 is 0 Å². The largest absolute Gasteiger partial charge is 0.368 e. The van der Waals surface area contributed by atoms with Gasteiger partial charge in [0.25, 0.3) is 0 Å². The van der Waals surface area contributed by atoms with Gasteiger partial charge in [-0.05, 0) is 39.1 Å². The average Bonchev–Trinajstić information content (AvgIpc) is 2.67. The molecule has 1 aliphatic heterocycles. The van der Waals surface area contributed by atoms with Gasteiger partial charge in [-0.3, -0.25) is 9.97 Å². The Bertz CT molecular complexity index is 888. The van der Waals surface area contributed by atoms with Crippen molar-refractivity contribution in [3.8, 4) is 0 Å². The van der Waals surface area contributed by atoms with Crippen LogP contribution in [-0.4, -0.2) is 72.4 Å². The molecule has 0 saturated carbocycles. The maximum Gasteiger partial charge on any atom is 0.128 e. The molecule has 2 aromatic heterocycles. The van der Waals surface area contributed by atoms with E-state index in [1.54, 1.807) is 0 Å². The third kappa shape index (κ3) is 4.95. The fraction of sp³-hybridized carbons (Fsp3) is 0.409. The van der Waals surface area contributed by atoms with Crippen LogP contribution in [0.1, 0.15) is 13.8 Å². The van der Waals surface area contributed by atoms with Crippen molar-refractivity contribution in [2.24, 2.45) is 4.99 Å². The first-order valence-corrected chi connectivity index (χ1v) is 9.69. The van der Waals surface area contributed by atoms with E-state index in [4.69, 9.17) is 4.99 Å². The van der Waals surface area contributed by atoms with E-state index < -0.39 is 0 Å². The van der Waals surface area contributed by atoms with Gasteiger partial charge < -0.3 is 14.7 Å². The third-order valence-corrected chi connectivity index (χ3v) is 4.90. The van der Waals surface area contributed by atoms with Gasteiger partial charge in [0.15, 0.2) is 0 Å². The molecule has 1 aliphatic rings. The Kier molecular flexibility index (Phi) is 6.41. The first kappa shape index (κ1) is 20.0.